The summed E-state index contributed by atoms with van der Waals surface area (Å²) in [6, 6.07) is 10.1. The van der Waals surface area contributed by atoms with Crippen molar-refractivity contribution in [3.63, 3.8) is 0 Å². The molecule has 9 nitrogen and oxygen atoms in total. The molecule has 10 heteroatoms. The van der Waals surface area contributed by atoms with Crippen LogP contribution in [0.25, 0.3) is 0 Å². The summed E-state index contributed by atoms with van der Waals surface area (Å²) in [5.41, 5.74) is 3.09. The average Bonchev–Trinajstić information content (AvgIpc) is 3.33. The molecule has 0 saturated carbocycles. The maximum absolute atomic E-state index is 13.1. The van der Waals surface area contributed by atoms with E-state index in [-0.39, 0.29) is 11.3 Å². The molecule has 154 valence electrons. The van der Waals surface area contributed by atoms with Gasteiger partial charge in [-0.25, -0.2) is 0 Å². The van der Waals surface area contributed by atoms with Crippen LogP contribution in [-0.2, 0) is 13.5 Å². The zero-order chi connectivity index (χ0) is 21.3. The zero-order valence-corrected chi connectivity index (χ0v) is 17.3. The molecule has 0 atom stereocenters. The first-order chi connectivity index (χ1) is 14.5. The number of hydrogen-bond acceptors (Lipinski definition) is 7. The van der Waals surface area contributed by atoms with Gasteiger partial charge in [-0.1, -0.05) is 6.07 Å². The number of nitrogens with zero attached hydrogens (tertiary/aromatic N) is 5. The number of non-ortho nitro benzene ring substituents is 1. The molecule has 1 aliphatic heterocycles. The standard InChI is InChI=1S/C20H20N6O3S/c1-3-25-9-8-13-4-5-14(10-17(13)25)22-19(27)16-11-15(26(28)29)6-7-18(16)30-20-23-21-12-24(20)2/h4-7,10-12H,3,8-9H2,1-2H3,(H,22,27). The number of nitro groups is 1. The highest BCUT2D eigenvalue weighted by Crippen LogP contribution is 2.33. The summed E-state index contributed by atoms with van der Waals surface area (Å²) in [5.74, 6) is -0.413. The van der Waals surface area contributed by atoms with Gasteiger partial charge in [0.25, 0.3) is 11.6 Å². The summed E-state index contributed by atoms with van der Waals surface area (Å²) in [5, 5.41) is 22.6. The Labute approximate surface area is 177 Å². The van der Waals surface area contributed by atoms with Gasteiger partial charge >= 0.3 is 0 Å². The topological polar surface area (TPSA) is 106 Å². The minimum atomic E-state index is -0.512. The monoisotopic (exact) mass is 424 g/mol. The fourth-order valence-electron chi connectivity index (χ4n) is 3.41. The lowest BCUT2D eigenvalue weighted by Gasteiger charge is -2.17. The normalized spacial score (nSPS) is 12.7. The Morgan fingerprint density at radius 2 is 2.13 bits per heavy atom. The molecule has 0 bridgehead atoms. The van der Waals surface area contributed by atoms with Crippen LogP contribution in [0.5, 0.6) is 0 Å². The Bertz CT molecular complexity index is 1130. The van der Waals surface area contributed by atoms with Crippen LogP contribution in [-0.4, -0.2) is 38.7 Å². The van der Waals surface area contributed by atoms with E-state index in [0.29, 0.717) is 15.7 Å². The molecule has 0 radical (unpaired) electrons. The van der Waals surface area contributed by atoms with E-state index in [9.17, 15) is 14.9 Å². The number of amides is 1. The summed E-state index contributed by atoms with van der Waals surface area (Å²) in [6.45, 7) is 3.96. The minimum absolute atomic E-state index is 0.145. The predicted molar refractivity (Wildman–Crippen MR) is 114 cm³/mol. The number of benzene rings is 2. The number of hydrogen-bond donors (Lipinski definition) is 1. The first-order valence-electron chi connectivity index (χ1n) is 9.45. The second-order valence-electron chi connectivity index (χ2n) is 6.89. The van der Waals surface area contributed by atoms with Gasteiger partial charge in [0.2, 0.25) is 0 Å². The molecule has 30 heavy (non-hydrogen) atoms. The van der Waals surface area contributed by atoms with Crippen LogP contribution in [0.15, 0.2) is 52.8 Å². The van der Waals surface area contributed by atoms with Gasteiger partial charge < -0.3 is 14.8 Å². The van der Waals surface area contributed by atoms with Crippen LogP contribution in [0.3, 0.4) is 0 Å². The van der Waals surface area contributed by atoms with E-state index in [0.717, 1.165) is 25.2 Å². The van der Waals surface area contributed by atoms with Crippen molar-refractivity contribution in [3.05, 3.63) is 64.0 Å². The number of carbonyl (C=O) groups excluding carboxylic acids is 1. The lowest BCUT2D eigenvalue weighted by Crippen LogP contribution is -2.19. The molecule has 1 aliphatic rings. The average molecular weight is 424 g/mol. The van der Waals surface area contributed by atoms with Gasteiger partial charge in [-0.05, 0) is 48.9 Å². The number of rotatable bonds is 6. The molecule has 1 N–H and O–H groups in total. The molecule has 0 spiro atoms. The number of likely N-dealkylation sites (N-methyl/N-ethyl adjacent to an activating group) is 1. The molecule has 0 unspecified atom stereocenters. The van der Waals surface area contributed by atoms with Gasteiger partial charge in [0, 0.05) is 48.5 Å². The number of aromatic nitrogens is 3. The van der Waals surface area contributed by atoms with E-state index >= 15 is 0 Å². The molecule has 0 saturated heterocycles. The first-order valence-corrected chi connectivity index (χ1v) is 10.3. The third-order valence-electron chi connectivity index (χ3n) is 5.01. The molecule has 1 aromatic heterocycles. The van der Waals surface area contributed by atoms with Crippen LogP contribution >= 0.6 is 11.8 Å². The van der Waals surface area contributed by atoms with Crippen molar-refractivity contribution < 1.29 is 9.72 Å². The number of fused-ring (bicyclic) bond motifs is 1. The maximum Gasteiger partial charge on any atom is 0.270 e. The fourth-order valence-corrected chi connectivity index (χ4v) is 4.28. The quantitative estimate of drug-likeness (QED) is 0.477. The Hall–Kier alpha value is -3.40. The van der Waals surface area contributed by atoms with E-state index in [1.54, 1.807) is 24.0 Å². The molecule has 2 aromatic carbocycles. The van der Waals surface area contributed by atoms with E-state index in [1.165, 1.54) is 29.5 Å². The lowest BCUT2D eigenvalue weighted by molar-refractivity contribution is -0.384. The van der Waals surface area contributed by atoms with Crippen molar-refractivity contribution in [2.75, 3.05) is 23.3 Å². The molecule has 0 fully saturated rings. The maximum atomic E-state index is 13.1. The second-order valence-corrected chi connectivity index (χ2v) is 7.90. The highest BCUT2D eigenvalue weighted by Gasteiger charge is 2.21. The molecule has 3 aromatic rings. The van der Waals surface area contributed by atoms with E-state index in [4.69, 9.17) is 0 Å². The largest absolute Gasteiger partial charge is 0.371 e. The van der Waals surface area contributed by atoms with Crippen molar-refractivity contribution in [2.45, 2.75) is 23.4 Å². The molecule has 1 amide bonds. The number of anilines is 2. The van der Waals surface area contributed by atoms with Crippen LogP contribution in [0.2, 0.25) is 0 Å². The highest BCUT2D eigenvalue weighted by molar-refractivity contribution is 7.99. The predicted octanol–water partition coefficient (Wildman–Crippen LogP) is 3.51. The number of nitrogens with one attached hydrogen (secondary N) is 1. The summed E-state index contributed by atoms with van der Waals surface area (Å²) in [4.78, 5) is 26.6. The number of nitro benzene ring substituents is 1. The summed E-state index contributed by atoms with van der Waals surface area (Å²) >= 11 is 1.23. The van der Waals surface area contributed by atoms with Gasteiger partial charge in [0.1, 0.15) is 6.33 Å². The Balaban J connectivity index is 1.65. The van der Waals surface area contributed by atoms with Crippen molar-refractivity contribution in [1.29, 1.82) is 0 Å². The minimum Gasteiger partial charge on any atom is -0.371 e. The van der Waals surface area contributed by atoms with Gasteiger partial charge in [-0.2, -0.15) is 0 Å². The summed E-state index contributed by atoms with van der Waals surface area (Å²) < 4.78 is 1.72. The van der Waals surface area contributed by atoms with E-state index in [1.807, 2.05) is 18.2 Å². The smallest absolute Gasteiger partial charge is 0.270 e. The van der Waals surface area contributed by atoms with Crippen molar-refractivity contribution >= 4 is 34.7 Å². The van der Waals surface area contributed by atoms with Gasteiger partial charge in [-0.15, -0.1) is 10.2 Å². The Morgan fingerprint density at radius 3 is 2.83 bits per heavy atom. The first kappa shape index (κ1) is 19.9. The van der Waals surface area contributed by atoms with E-state index < -0.39 is 10.8 Å². The number of carbonyl (C=O) groups is 1. The zero-order valence-electron chi connectivity index (χ0n) is 16.5. The molecule has 0 aliphatic carbocycles. The highest BCUT2D eigenvalue weighted by atomic mass is 32.2. The molecule has 2 heterocycles. The Morgan fingerprint density at radius 1 is 1.30 bits per heavy atom. The van der Waals surface area contributed by atoms with Gasteiger partial charge in [-0.3, -0.25) is 14.9 Å². The summed E-state index contributed by atoms with van der Waals surface area (Å²) in [7, 11) is 1.79. The molecular weight excluding hydrogens is 404 g/mol. The van der Waals surface area contributed by atoms with Gasteiger partial charge in [0.05, 0.1) is 10.5 Å². The molecular formula is C20H20N6O3S. The third kappa shape index (κ3) is 3.86. The second kappa shape index (κ2) is 8.15. The SMILES string of the molecule is CCN1CCc2ccc(NC(=O)c3cc([N+](=O)[O-])ccc3Sc3nncn3C)cc21. The van der Waals surface area contributed by atoms with Crippen LogP contribution in [0.1, 0.15) is 22.8 Å². The number of aryl methyl sites for hydroxylation is 1. The molecule has 4 rings (SSSR count). The third-order valence-corrected chi connectivity index (χ3v) is 6.13. The van der Waals surface area contributed by atoms with Crippen LogP contribution in [0.4, 0.5) is 17.1 Å². The van der Waals surface area contributed by atoms with Crippen molar-refractivity contribution in [1.82, 2.24) is 14.8 Å². The van der Waals surface area contributed by atoms with Crippen LogP contribution < -0.4 is 10.2 Å². The van der Waals surface area contributed by atoms with Crippen LogP contribution in [0, 0.1) is 10.1 Å². The fraction of sp³-hybridized carbons (Fsp3) is 0.250. The van der Waals surface area contributed by atoms with Gasteiger partial charge in [0.15, 0.2) is 5.16 Å². The van der Waals surface area contributed by atoms with Crippen molar-refractivity contribution in [2.24, 2.45) is 7.05 Å². The Kier molecular flexibility index (Phi) is 5.40. The lowest BCUT2D eigenvalue weighted by atomic mass is 10.1. The summed E-state index contributed by atoms with van der Waals surface area (Å²) in [6.07, 6.45) is 2.54. The van der Waals surface area contributed by atoms with E-state index in [2.05, 4.69) is 27.3 Å². The van der Waals surface area contributed by atoms with Crippen molar-refractivity contribution in [3.8, 4) is 0 Å².